The fourth-order valence-electron chi connectivity index (χ4n) is 3.52. The van der Waals surface area contributed by atoms with Crippen LogP contribution in [-0.2, 0) is 9.53 Å². The van der Waals surface area contributed by atoms with Crippen molar-refractivity contribution in [3.05, 3.63) is 96.1 Å². The minimum Gasteiger partial charge on any atom is -0.497 e. The van der Waals surface area contributed by atoms with E-state index in [4.69, 9.17) is 23.7 Å². The summed E-state index contributed by atoms with van der Waals surface area (Å²) >= 11 is 0. The van der Waals surface area contributed by atoms with Crippen LogP contribution in [0.4, 0.5) is 0 Å². The van der Waals surface area contributed by atoms with Crippen molar-refractivity contribution in [3.8, 4) is 23.0 Å². The smallest absolute Gasteiger partial charge is 0.343 e. The van der Waals surface area contributed by atoms with Gasteiger partial charge in [-0.15, -0.1) is 0 Å². The average molecular weight is 533 g/mol. The third kappa shape index (κ3) is 9.34. The molecule has 0 saturated carbocycles. The highest BCUT2D eigenvalue weighted by Gasteiger charge is 2.13. The van der Waals surface area contributed by atoms with Crippen LogP contribution in [0.3, 0.4) is 0 Å². The lowest BCUT2D eigenvalue weighted by Crippen LogP contribution is -2.10. The number of rotatable bonds is 14. The summed E-state index contributed by atoms with van der Waals surface area (Å²) < 4.78 is 26.7. The molecule has 8 nitrogen and oxygen atoms in total. The van der Waals surface area contributed by atoms with Crippen molar-refractivity contribution in [1.29, 1.82) is 0 Å². The van der Waals surface area contributed by atoms with Crippen LogP contribution in [0.25, 0.3) is 0 Å². The summed E-state index contributed by atoms with van der Waals surface area (Å²) in [4.78, 5) is 36.0. The normalized spacial score (nSPS) is 10.3. The molecule has 0 amide bonds. The summed E-state index contributed by atoms with van der Waals surface area (Å²) in [5.41, 5.74) is 1.41. The van der Waals surface area contributed by atoms with E-state index in [1.807, 2.05) is 0 Å². The number of unbranched alkanes of at least 4 members (excludes halogenated alkanes) is 3. The molecule has 0 aliphatic carbocycles. The number of esters is 3. The van der Waals surface area contributed by atoms with Crippen LogP contribution in [0.5, 0.6) is 23.0 Å². The van der Waals surface area contributed by atoms with Crippen LogP contribution in [0, 0.1) is 6.92 Å². The number of benzene rings is 3. The molecule has 0 aliphatic heterocycles. The third-order valence-electron chi connectivity index (χ3n) is 5.69. The first-order chi connectivity index (χ1) is 18.9. The lowest BCUT2D eigenvalue weighted by atomic mass is 10.2. The summed E-state index contributed by atoms with van der Waals surface area (Å²) in [6.45, 7) is 6.06. The Bertz CT molecular complexity index is 1260. The van der Waals surface area contributed by atoms with Crippen molar-refractivity contribution >= 4 is 17.9 Å². The second-order valence-electron chi connectivity index (χ2n) is 8.59. The van der Waals surface area contributed by atoms with Crippen LogP contribution in [-0.4, -0.2) is 38.2 Å². The number of hydrogen-bond acceptors (Lipinski definition) is 8. The number of carbonyl (C=O) groups excluding carboxylic acids is 3. The zero-order chi connectivity index (χ0) is 28.0. The van der Waals surface area contributed by atoms with Crippen molar-refractivity contribution in [2.45, 2.75) is 32.6 Å². The Morgan fingerprint density at radius 2 is 1.28 bits per heavy atom. The molecular formula is C31H32O8. The molecule has 0 saturated heterocycles. The van der Waals surface area contributed by atoms with E-state index in [9.17, 15) is 14.4 Å². The minimum absolute atomic E-state index is 0.335. The molecule has 0 bridgehead atoms. The summed E-state index contributed by atoms with van der Waals surface area (Å²) in [6.07, 6.45) is 4.71. The number of methoxy groups -OCH3 is 1. The second-order valence-corrected chi connectivity index (χ2v) is 8.59. The average Bonchev–Trinajstić information content (AvgIpc) is 2.96. The molecule has 0 radical (unpaired) electrons. The topological polar surface area (TPSA) is 97.4 Å². The molecule has 0 aromatic heterocycles. The summed E-state index contributed by atoms with van der Waals surface area (Å²) in [6, 6.07) is 18.1. The zero-order valence-corrected chi connectivity index (χ0v) is 22.1. The van der Waals surface area contributed by atoms with E-state index < -0.39 is 17.9 Å². The lowest BCUT2D eigenvalue weighted by Gasteiger charge is -2.11. The van der Waals surface area contributed by atoms with Gasteiger partial charge in [-0.1, -0.05) is 6.58 Å². The maximum atomic E-state index is 12.6. The van der Waals surface area contributed by atoms with Gasteiger partial charge in [0.25, 0.3) is 0 Å². The highest BCUT2D eigenvalue weighted by atomic mass is 16.5. The molecule has 0 heterocycles. The van der Waals surface area contributed by atoms with E-state index in [-0.39, 0.29) is 0 Å². The first-order valence-corrected chi connectivity index (χ1v) is 12.6. The number of aryl methyl sites for hydroxylation is 1. The summed E-state index contributed by atoms with van der Waals surface area (Å²) in [7, 11) is 1.55. The molecule has 0 N–H and O–H groups in total. The molecular weight excluding hydrogens is 500 g/mol. The van der Waals surface area contributed by atoms with E-state index in [2.05, 4.69) is 6.58 Å². The number of ether oxygens (including phenoxy) is 5. The molecule has 204 valence electrons. The van der Waals surface area contributed by atoms with Crippen molar-refractivity contribution in [2.24, 2.45) is 0 Å². The Balaban J connectivity index is 1.42. The molecule has 0 atom stereocenters. The molecule has 39 heavy (non-hydrogen) atoms. The quantitative estimate of drug-likeness (QED) is 0.106. The Hall–Kier alpha value is -4.59. The van der Waals surface area contributed by atoms with E-state index in [0.717, 1.165) is 31.8 Å². The van der Waals surface area contributed by atoms with Crippen LogP contribution in [0.1, 0.15) is 52.0 Å². The van der Waals surface area contributed by atoms with Crippen LogP contribution >= 0.6 is 0 Å². The monoisotopic (exact) mass is 532 g/mol. The van der Waals surface area contributed by atoms with Gasteiger partial charge in [0.1, 0.15) is 23.0 Å². The van der Waals surface area contributed by atoms with Crippen molar-refractivity contribution in [1.82, 2.24) is 0 Å². The first kappa shape index (κ1) is 29.0. The Morgan fingerprint density at radius 1 is 0.718 bits per heavy atom. The first-order valence-electron chi connectivity index (χ1n) is 12.6. The summed E-state index contributed by atoms with van der Waals surface area (Å²) in [5.74, 6) is 0.591. The molecule has 0 unspecified atom stereocenters. The largest absolute Gasteiger partial charge is 0.497 e. The standard InChI is InChI=1S/C31H32O8/c1-4-29(32)37-20-8-6-5-7-19-36-26-15-11-23(12-16-26)30(33)38-27-17-18-28(22(2)21-27)39-31(34)24-9-13-25(35-3)14-10-24/h4,9-18,21H,1,5-8,19-20H2,2-3H3. The van der Waals surface area contributed by atoms with Gasteiger partial charge in [-0.3, -0.25) is 0 Å². The highest BCUT2D eigenvalue weighted by molar-refractivity contribution is 5.92. The molecule has 0 spiro atoms. The third-order valence-corrected chi connectivity index (χ3v) is 5.69. The van der Waals surface area contributed by atoms with Crippen molar-refractivity contribution in [3.63, 3.8) is 0 Å². The van der Waals surface area contributed by atoms with Gasteiger partial charge in [-0.2, -0.15) is 0 Å². The molecule has 3 aromatic rings. The van der Waals surface area contributed by atoms with Gasteiger partial charge in [-0.05, 0) is 105 Å². The molecule has 8 heteroatoms. The number of hydrogen-bond donors (Lipinski definition) is 0. The summed E-state index contributed by atoms with van der Waals surface area (Å²) in [5, 5.41) is 0. The predicted octanol–water partition coefficient (Wildman–Crippen LogP) is 6.11. The van der Waals surface area contributed by atoms with Crippen LogP contribution in [0.2, 0.25) is 0 Å². The van der Waals surface area contributed by atoms with E-state index in [1.54, 1.807) is 80.8 Å². The zero-order valence-electron chi connectivity index (χ0n) is 22.1. The molecule has 0 aliphatic rings. The molecule has 3 rings (SSSR count). The Morgan fingerprint density at radius 3 is 1.87 bits per heavy atom. The van der Waals surface area contributed by atoms with Gasteiger partial charge < -0.3 is 23.7 Å². The fraction of sp³-hybridized carbons (Fsp3) is 0.258. The van der Waals surface area contributed by atoms with Crippen LogP contribution in [0.15, 0.2) is 79.4 Å². The van der Waals surface area contributed by atoms with Gasteiger partial charge in [0.15, 0.2) is 0 Å². The molecule has 3 aromatic carbocycles. The van der Waals surface area contributed by atoms with E-state index in [1.165, 1.54) is 0 Å². The van der Waals surface area contributed by atoms with Crippen molar-refractivity contribution in [2.75, 3.05) is 20.3 Å². The van der Waals surface area contributed by atoms with Gasteiger partial charge in [-0.25, -0.2) is 14.4 Å². The van der Waals surface area contributed by atoms with E-state index in [0.29, 0.717) is 52.9 Å². The SMILES string of the molecule is C=CC(=O)OCCCCCCOc1ccc(C(=O)Oc2ccc(OC(=O)c3ccc(OC)cc3)c(C)c2)cc1. The maximum absolute atomic E-state index is 12.6. The second kappa shape index (κ2) is 15.0. The van der Waals surface area contributed by atoms with Gasteiger partial charge in [0.05, 0.1) is 31.5 Å². The van der Waals surface area contributed by atoms with Gasteiger partial charge in [0.2, 0.25) is 0 Å². The molecule has 0 fully saturated rings. The lowest BCUT2D eigenvalue weighted by molar-refractivity contribution is -0.137. The number of carbonyl (C=O) groups is 3. The van der Waals surface area contributed by atoms with Gasteiger partial charge in [0, 0.05) is 6.08 Å². The fourth-order valence-corrected chi connectivity index (χ4v) is 3.52. The van der Waals surface area contributed by atoms with Crippen LogP contribution < -0.4 is 18.9 Å². The minimum atomic E-state index is -0.513. The Labute approximate surface area is 228 Å². The Kier molecular flexibility index (Phi) is 11.1. The predicted molar refractivity (Wildman–Crippen MR) is 146 cm³/mol. The van der Waals surface area contributed by atoms with E-state index >= 15 is 0 Å². The maximum Gasteiger partial charge on any atom is 0.343 e. The van der Waals surface area contributed by atoms with Gasteiger partial charge >= 0.3 is 17.9 Å². The van der Waals surface area contributed by atoms with Crippen molar-refractivity contribution < 1.29 is 38.1 Å². The highest BCUT2D eigenvalue weighted by Crippen LogP contribution is 2.25.